The Morgan fingerprint density at radius 3 is 3.05 bits per heavy atom. The van der Waals surface area contributed by atoms with Crippen molar-refractivity contribution in [3.05, 3.63) is 53.3 Å². The van der Waals surface area contributed by atoms with Gasteiger partial charge < -0.3 is 10.6 Å². The summed E-state index contributed by atoms with van der Waals surface area (Å²) in [7, 11) is 0. The molecule has 0 amide bonds. The van der Waals surface area contributed by atoms with E-state index in [9.17, 15) is 0 Å². The van der Waals surface area contributed by atoms with E-state index < -0.39 is 0 Å². The first kappa shape index (κ1) is 12.0. The normalized spacial score (nSPS) is 14.3. The zero-order valence-electron chi connectivity index (χ0n) is 11.3. The van der Waals surface area contributed by atoms with Gasteiger partial charge in [0.25, 0.3) is 0 Å². The summed E-state index contributed by atoms with van der Waals surface area (Å²) < 4.78 is 0. The number of hydrogen-bond acceptors (Lipinski definition) is 3. The molecule has 1 aliphatic rings. The molecular weight excluding hydrogens is 234 g/mol. The van der Waals surface area contributed by atoms with E-state index in [4.69, 9.17) is 5.73 Å². The fourth-order valence-corrected chi connectivity index (χ4v) is 2.73. The number of nitrogens with zero attached hydrogens (tertiary/aromatic N) is 2. The summed E-state index contributed by atoms with van der Waals surface area (Å²) in [5.74, 6) is 0. The summed E-state index contributed by atoms with van der Waals surface area (Å²) in [6, 6.07) is 10.5. The lowest BCUT2D eigenvalue weighted by Crippen LogP contribution is -2.29. The number of benzene rings is 1. The average molecular weight is 253 g/mol. The fourth-order valence-electron chi connectivity index (χ4n) is 2.73. The van der Waals surface area contributed by atoms with Gasteiger partial charge >= 0.3 is 0 Å². The molecule has 19 heavy (non-hydrogen) atoms. The van der Waals surface area contributed by atoms with E-state index >= 15 is 0 Å². The van der Waals surface area contributed by atoms with E-state index in [1.165, 1.54) is 29.7 Å². The minimum absolute atomic E-state index is 0.779. The maximum Gasteiger partial charge on any atom is 0.0825 e. The van der Waals surface area contributed by atoms with Gasteiger partial charge in [-0.3, -0.25) is 4.98 Å². The SMILES string of the molecule is Cc1ccc2c(c1)CCCN2Cc1ncccc1N. The average Bonchev–Trinajstić information content (AvgIpc) is 2.41. The Morgan fingerprint density at radius 1 is 1.32 bits per heavy atom. The van der Waals surface area contributed by atoms with Crippen LogP contribution in [0.15, 0.2) is 36.5 Å². The molecule has 0 saturated carbocycles. The molecule has 2 N–H and O–H groups in total. The zero-order valence-corrected chi connectivity index (χ0v) is 11.3. The monoisotopic (exact) mass is 253 g/mol. The molecule has 0 fully saturated rings. The number of nitrogens with two attached hydrogens (primary N) is 1. The van der Waals surface area contributed by atoms with E-state index in [1.54, 1.807) is 0 Å². The first-order chi connectivity index (χ1) is 9.24. The van der Waals surface area contributed by atoms with Crippen molar-refractivity contribution in [3.63, 3.8) is 0 Å². The largest absolute Gasteiger partial charge is 0.397 e. The number of aryl methyl sites for hydroxylation is 2. The van der Waals surface area contributed by atoms with Crippen molar-refractivity contribution >= 4 is 11.4 Å². The molecule has 1 aromatic carbocycles. The Labute approximate surface area is 114 Å². The quantitative estimate of drug-likeness (QED) is 0.894. The third-order valence-electron chi connectivity index (χ3n) is 3.72. The van der Waals surface area contributed by atoms with Gasteiger partial charge in [0.15, 0.2) is 0 Å². The molecule has 1 aromatic heterocycles. The van der Waals surface area contributed by atoms with Crippen molar-refractivity contribution in [2.24, 2.45) is 0 Å². The summed E-state index contributed by atoms with van der Waals surface area (Å²) in [4.78, 5) is 6.78. The third-order valence-corrected chi connectivity index (χ3v) is 3.72. The van der Waals surface area contributed by atoms with Crippen LogP contribution in [0.25, 0.3) is 0 Å². The van der Waals surface area contributed by atoms with E-state index in [1.807, 2.05) is 18.3 Å². The Kier molecular flexibility index (Phi) is 3.11. The van der Waals surface area contributed by atoms with Gasteiger partial charge in [-0.15, -0.1) is 0 Å². The first-order valence-electron chi connectivity index (χ1n) is 6.78. The van der Waals surface area contributed by atoms with Crippen molar-refractivity contribution in [1.29, 1.82) is 0 Å². The van der Waals surface area contributed by atoms with Gasteiger partial charge in [0.05, 0.1) is 17.9 Å². The number of anilines is 2. The predicted molar refractivity (Wildman–Crippen MR) is 79.2 cm³/mol. The number of aromatic nitrogens is 1. The molecule has 2 heterocycles. The van der Waals surface area contributed by atoms with Crippen LogP contribution in [-0.4, -0.2) is 11.5 Å². The number of pyridine rings is 1. The lowest BCUT2D eigenvalue weighted by Gasteiger charge is -2.31. The molecule has 0 saturated heterocycles. The van der Waals surface area contributed by atoms with Crippen molar-refractivity contribution < 1.29 is 0 Å². The highest BCUT2D eigenvalue weighted by atomic mass is 15.1. The van der Waals surface area contributed by atoms with Crippen molar-refractivity contribution in [2.45, 2.75) is 26.3 Å². The van der Waals surface area contributed by atoms with Gasteiger partial charge in [-0.2, -0.15) is 0 Å². The number of rotatable bonds is 2. The number of hydrogen-bond donors (Lipinski definition) is 1. The summed E-state index contributed by atoms with van der Waals surface area (Å²) >= 11 is 0. The lowest BCUT2D eigenvalue weighted by molar-refractivity contribution is 0.684. The van der Waals surface area contributed by atoms with Crippen molar-refractivity contribution in [2.75, 3.05) is 17.2 Å². The van der Waals surface area contributed by atoms with Crippen LogP contribution in [-0.2, 0) is 13.0 Å². The molecule has 3 rings (SSSR count). The van der Waals surface area contributed by atoms with Crippen molar-refractivity contribution in [3.8, 4) is 0 Å². The van der Waals surface area contributed by atoms with E-state index in [0.29, 0.717) is 0 Å². The van der Waals surface area contributed by atoms with Gasteiger partial charge in [0.2, 0.25) is 0 Å². The third kappa shape index (κ3) is 2.41. The highest BCUT2D eigenvalue weighted by Crippen LogP contribution is 2.29. The lowest BCUT2D eigenvalue weighted by atomic mass is 9.99. The highest BCUT2D eigenvalue weighted by molar-refractivity contribution is 5.57. The van der Waals surface area contributed by atoms with Gasteiger partial charge in [0.1, 0.15) is 0 Å². The Bertz CT molecular complexity index is 592. The van der Waals surface area contributed by atoms with Crippen LogP contribution in [0.3, 0.4) is 0 Å². The van der Waals surface area contributed by atoms with E-state index in [-0.39, 0.29) is 0 Å². The van der Waals surface area contributed by atoms with Gasteiger partial charge in [-0.25, -0.2) is 0 Å². The van der Waals surface area contributed by atoms with Crippen LogP contribution in [0, 0.1) is 6.92 Å². The Hall–Kier alpha value is -2.03. The minimum atomic E-state index is 0.779. The second-order valence-corrected chi connectivity index (χ2v) is 5.20. The molecule has 0 aliphatic carbocycles. The predicted octanol–water partition coefficient (Wildman–Crippen LogP) is 2.93. The topological polar surface area (TPSA) is 42.2 Å². The van der Waals surface area contributed by atoms with E-state index in [2.05, 4.69) is 35.0 Å². The van der Waals surface area contributed by atoms with Gasteiger partial charge in [-0.05, 0) is 43.5 Å². The van der Waals surface area contributed by atoms with Gasteiger partial charge in [-0.1, -0.05) is 17.7 Å². The molecule has 1 aliphatic heterocycles. The highest BCUT2D eigenvalue weighted by Gasteiger charge is 2.17. The van der Waals surface area contributed by atoms with Crippen LogP contribution in [0.5, 0.6) is 0 Å². The number of nitrogen functional groups attached to an aromatic ring is 1. The Balaban J connectivity index is 1.90. The molecule has 2 aromatic rings. The maximum atomic E-state index is 5.99. The van der Waals surface area contributed by atoms with Crippen LogP contribution in [0.2, 0.25) is 0 Å². The molecular formula is C16H19N3. The van der Waals surface area contributed by atoms with Crippen molar-refractivity contribution in [1.82, 2.24) is 4.98 Å². The molecule has 3 nitrogen and oxygen atoms in total. The smallest absolute Gasteiger partial charge is 0.0825 e. The Morgan fingerprint density at radius 2 is 2.21 bits per heavy atom. The standard InChI is InChI=1S/C16H19N3/c1-12-6-7-16-13(10-12)4-3-9-19(16)11-15-14(17)5-2-8-18-15/h2,5-8,10H,3-4,9,11,17H2,1H3. The fraction of sp³-hybridized carbons (Fsp3) is 0.312. The number of fused-ring (bicyclic) bond motifs is 1. The second-order valence-electron chi connectivity index (χ2n) is 5.20. The summed E-state index contributed by atoms with van der Waals surface area (Å²) in [6.45, 7) is 4.02. The molecule has 3 heteroatoms. The van der Waals surface area contributed by atoms with Crippen LogP contribution in [0.4, 0.5) is 11.4 Å². The van der Waals surface area contributed by atoms with Gasteiger partial charge in [0, 0.05) is 18.4 Å². The minimum Gasteiger partial charge on any atom is -0.397 e. The molecule has 0 radical (unpaired) electrons. The maximum absolute atomic E-state index is 5.99. The molecule has 0 atom stereocenters. The van der Waals surface area contributed by atoms with Crippen LogP contribution in [0.1, 0.15) is 23.2 Å². The van der Waals surface area contributed by atoms with Crippen LogP contribution < -0.4 is 10.6 Å². The zero-order chi connectivity index (χ0) is 13.2. The molecule has 0 spiro atoms. The molecule has 98 valence electrons. The van der Waals surface area contributed by atoms with E-state index in [0.717, 1.165) is 24.5 Å². The van der Waals surface area contributed by atoms with Crippen LogP contribution >= 0.6 is 0 Å². The first-order valence-corrected chi connectivity index (χ1v) is 6.78. The summed E-state index contributed by atoms with van der Waals surface area (Å²) in [5, 5.41) is 0. The summed E-state index contributed by atoms with van der Waals surface area (Å²) in [6.07, 6.45) is 4.18. The molecule has 0 unspecified atom stereocenters. The molecule has 0 bridgehead atoms. The summed E-state index contributed by atoms with van der Waals surface area (Å²) in [5.41, 5.74) is 11.9. The second kappa shape index (κ2) is 4.92.